The fourth-order valence-electron chi connectivity index (χ4n) is 1.91. The molecular formula is C12H17N5O2. The zero-order valence-electron chi connectivity index (χ0n) is 11.0. The fraction of sp³-hybridized carbons (Fsp3) is 0.417. The number of carboxylic acid groups (broad SMARTS) is 1. The molecule has 19 heavy (non-hydrogen) atoms. The first-order valence-electron chi connectivity index (χ1n) is 5.91. The Kier molecular flexibility index (Phi) is 3.96. The van der Waals surface area contributed by atoms with Crippen LogP contribution in [0, 0.1) is 0 Å². The molecule has 0 unspecified atom stereocenters. The van der Waals surface area contributed by atoms with Gasteiger partial charge in [-0.2, -0.15) is 0 Å². The van der Waals surface area contributed by atoms with E-state index in [2.05, 4.69) is 9.97 Å². The first-order chi connectivity index (χ1) is 9.02. The lowest BCUT2D eigenvalue weighted by Gasteiger charge is -2.17. The summed E-state index contributed by atoms with van der Waals surface area (Å²) in [6, 6.07) is 0. The van der Waals surface area contributed by atoms with Gasteiger partial charge in [0.05, 0.1) is 30.6 Å². The molecule has 7 heteroatoms. The van der Waals surface area contributed by atoms with Gasteiger partial charge in [0.15, 0.2) is 0 Å². The molecule has 0 aliphatic carbocycles. The fourth-order valence-corrected chi connectivity index (χ4v) is 1.91. The van der Waals surface area contributed by atoms with Crippen LogP contribution in [0.1, 0.15) is 11.4 Å². The highest BCUT2D eigenvalue weighted by Gasteiger charge is 2.13. The van der Waals surface area contributed by atoms with E-state index in [1.807, 2.05) is 35.6 Å². The van der Waals surface area contributed by atoms with Gasteiger partial charge in [0.2, 0.25) is 0 Å². The third kappa shape index (κ3) is 3.92. The normalized spacial score (nSPS) is 11.1. The molecular weight excluding hydrogens is 246 g/mol. The maximum atomic E-state index is 10.9. The largest absolute Gasteiger partial charge is 0.480 e. The van der Waals surface area contributed by atoms with Crippen molar-refractivity contribution in [3.63, 3.8) is 0 Å². The van der Waals surface area contributed by atoms with Crippen LogP contribution in [0.25, 0.3) is 0 Å². The molecule has 0 amide bonds. The Bertz CT molecular complexity index is 518. The molecule has 7 nitrogen and oxygen atoms in total. The summed E-state index contributed by atoms with van der Waals surface area (Å²) in [4.78, 5) is 21.1. The van der Waals surface area contributed by atoms with E-state index in [0.717, 1.165) is 11.4 Å². The van der Waals surface area contributed by atoms with Gasteiger partial charge in [-0.25, -0.2) is 9.97 Å². The predicted octanol–water partition coefficient (Wildman–Crippen LogP) is 0.240. The van der Waals surface area contributed by atoms with Crippen LogP contribution in [0.5, 0.6) is 0 Å². The van der Waals surface area contributed by atoms with Crippen molar-refractivity contribution in [1.29, 1.82) is 0 Å². The summed E-state index contributed by atoms with van der Waals surface area (Å²) in [6.07, 6.45) is 7.17. The van der Waals surface area contributed by atoms with E-state index in [9.17, 15) is 4.79 Å². The van der Waals surface area contributed by atoms with Gasteiger partial charge in [0.25, 0.3) is 0 Å². The summed E-state index contributed by atoms with van der Waals surface area (Å²) in [7, 11) is 3.77. The Labute approximate surface area is 111 Å². The molecule has 2 aromatic heterocycles. The number of rotatable bonds is 6. The molecule has 2 rings (SSSR count). The van der Waals surface area contributed by atoms with Gasteiger partial charge in [0, 0.05) is 39.6 Å². The molecule has 0 bridgehead atoms. The van der Waals surface area contributed by atoms with Crippen LogP contribution in [0.2, 0.25) is 0 Å². The molecule has 0 aromatic carbocycles. The van der Waals surface area contributed by atoms with E-state index in [1.165, 1.54) is 0 Å². The number of carboxylic acids is 1. The number of imidazole rings is 2. The maximum absolute atomic E-state index is 10.9. The highest BCUT2D eigenvalue weighted by atomic mass is 16.4. The standard InChI is InChI=1S/C12H17N5O2/c1-15-3-10(13-8-15)5-17(7-12(18)19)6-11-4-16(2)9-14-11/h3-4,8-9H,5-7H2,1-2H3,(H,18,19). The van der Waals surface area contributed by atoms with Gasteiger partial charge in [-0.3, -0.25) is 9.69 Å². The van der Waals surface area contributed by atoms with Crippen LogP contribution in [0.15, 0.2) is 25.0 Å². The molecule has 0 spiro atoms. The zero-order valence-corrected chi connectivity index (χ0v) is 11.0. The molecule has 0 saturated carbocycles. The Morgan fingerprint density at radius 3 is 1.95 bits per heavy atom. The van der Waals surface area contributed by atoms with Crippen molar-refractivity contribution in [2.45, 2.75) is 13.1 Å². The minimum Gasteiger partial charge on any atom is -0.480 e. The van der Waals surface area contributed by atoms with Crippen LogP contribution in [-0.2, 0) is 32.0 Å². The van der Waals surface area contributed by atoms with Crippen molar-refractivity contribution in [3.05, 3.63) is 36.4 Å². The van der Waals surface area contributed by atoms with Crippen LogP contribution in [-0.4, -0.2) is 41.6 Å². The zero-order chi connectivity index (χ0) is 13.8. The Morgan fingerprint density at radius 2 is 1.63 bits per heavy atom. The van der Waals surface area contributed by atoms with Gasteiger partial charge < -0.3 is 14.2 Å². The first kappa shape index (κ1) is 13.3. The quantitative estimate of drug-likeness (QED) is 0.808. The number of hydrogen-bond acceptors (Lipinski definition) is 4. The molecule has 0 aliphatic heterocycles. The molecule has 0 atom stereocenters. The summed E-state index contributed by atoms with van der Waals surface area (Å²) >= 11 is 0. The monoisotopic (exact) mass is 263 g/mol. The average Bonchev–Trinajstić information content (AvgIpc) is 2.87. The number of aryl methyl sites for hydroxylation is 2. The summed E-state index contributed by atoms with van der Waals surface area (Å²) in [6.45, 7) is 0.945. The van der Waals surface area contributed by atoms with Crippen molar-refractivity contribution >= 4 is 5.97 Å². The van der Waals surface area contributed by atoms with Gasteiger partial charge in [-0.05, 0) is 0 Å². The highest BCUT2D eigenvalue weighted by Crippen LogP contribution is 2.06. The van der Waals surface area contributed by atoms with E-state index in [0.29, 0.717) is 13.1 Å². The molecule has 0 radical (unpaired) electrons. The van der Waals surface area contributed by atoms with E-state index in [-0.39, 0.29) is 6.54 Å². The summed E-state index contributed by atoms with van der Waals surface area (Å²) in [5.74, 6) is -0.855. The molecule has 102 valence electrons. The molecule has 0 fully saturated rings. The van der Waals surface area contributed by atoms with E-state index < -0.39 is 5.97 Å². The van der Waals surface area contributed by atoms with E-state index >= 15 is 0 Å². The molecule has 0 saturated heterocycles. The predicted molar refractivity (Wildman–Crippen MR) is 68.2 cm³/mol. The van der Waals surface area contributed by atoms with Crippen molar-refractivity contribution in [3.8, 4) is 0 Å². The number of hydrogen-bond donors (Lipinski definition) is 1. The molecule has 1 N–H and O–H groups in total. The average molecular weight is 263 g/mol. The van der Waals surface area contributed by atoms with Crippen LogP contribution in [0.4, 0.5) is 0 Å². The summed E-state index contributed by atoms with van der Waals surface area (Å²) in [5, 5.41) is 8.96. The summed E-state index contributed by atoms with van der Waals surface area (Å²) < 4.78 is 3.68. The van der Waals surface area contributed by atoms with Crippen LogP contribution >= 0.6 is 0 Å². The SMILES string of the molecule is Cn1cnc(CN(CC(=O)O)Cc2cn(C)cn2)c1. The van der Waals surface area contributed by atoms with Crippen molar-refractivity contribution in [2.24, 2.45) is 14.1 Å². The van der Waals surface area contributed by atoms with Crippen molar-refractivity contribution in [1.82, 2.24) is 24.0 Å². The van der Waals surface area contributed by atoms with E-state index in [4.69, 9.17) is 5.11 Å². The maximum Gasteiger partial charge on any atom is 0.317 e. The molecule has 2 heterocycles. The lowest BCUT2D eigenvalue weighted by Crippen LogP contribution is -2.29. The van der Waals surface area contributed by atoms with Gasteiger partial charge >= 0.3 is 5.97 Å². The Hall–Kier alpha value is -2.15. The smallest absolute Gasteiger partial charge is 0.317 e. The van der Waals surface area contributed by atoms with Crippen LogP contribution < -0.4 is 0 Å². The Morgan fingerprint density at radius 1 is 1.16 bits per heavy atom. The number of nitrogens with zero attached hydrogens (tertiary/aromatic N) is 5. The second-order valence-corrected chi connectivity index (χ2v) is 4.60. The topological polar surface area (TPSA) is 76.2 Å². The van der Waals surface area contributed by atoms with Gasteiger partial charge in [0.1, 0.15) is 0 Å². The number of aliphatic carboxylic acids is 1. The van der Waals surface area contributed by atoms with E-state index in [1.54, 1.807) is 17.6 Å². The molecule has 2 aromatic rings. The van der Waals surface area contributed by atoms with Crippen LogP contribution in [0.3, 0.4) is 0 Å². The minimum absolute atomic E-state index is 0.0346. The second kappa shape index (κ2) is 5.66. The number of carbonyl (C=O) groups is 1. The third-order valence-electron chi connectivity index (χ3n) is 2.65. The lowest BCUT2D eigenvalue weighted by molar-refractivity contribution is -0.138. The van der Waals surface area contributed by atoms with Crippen molar-refractivity contribution in [2.75, 3.05) is 6.54 Å². The Balaban J connectivity index is 2.04. The van der Waals surface area contributed by atoms with Gasteiger partial charge in [-0.15, -0.1) is 0 Å². The second-order valence-electron chi connectivity index (χ2n) is 4.60. The molecule has 0 aliphatic rings. The minimum atomic E-state index is -0.855. The third-order valence-corrected chi connectivity index (χ3v) is 2.65. The lowest BCUT2D eigenvalue weighted by atomic mass is 10.3. The van der Waals surface area contributed by atoms with Gasteiger partial charge in [-0.1, -0.05) is 0 Å². The number of aromatic nitrogens is 4. The van der Waals surface area contributed by atoms with Crippen molar-refractivity contribution < 1.29 is 9.90 Å². The summed E-state index contributed by atoms with van der Waals surface area (Å²) in [5.41, 5.74) is 1.69. The first-order valence-corrected chi connectivity index (χ1v) is 5.91. The highest BCUT2D eigenvalue weighted by molar-refractivity contribution is 5.69.